The summed E-state index contributed by atoms with van der Waals surface area (Å²) in [5.74, 6) is 0.442. The lowest BCUT2D eigenvalue weighted by Crippen LogP contribution is -2.28. The summed E-state index contributed by atoms with van der Waals surface area (Å²) in [4.78, 5) is 12.2. The predicted molar refractivity (Wildman–Crippen MR) is 85.7 cm³/mol. The van der Waals surface area contributed by atoms with Crippen molar-refractivity contribution in [2.24, 2.45) is 5.92 Å². The summed E-state index contributed by atoms with van der Waals surface area (Å²) in [6.07, 6.45) is 3.68. The van der Waals surface area contributed by atoms with Crippen LogP contribution in [0.15, 0.2) is 24.3 Å². The van der Waals surface area contributed by atoms with Crippen molar-refractivity contribution in [1.82, 2.24) is 5.32 Å². The van der Waals surface area contributed by atoms with E-state index in [0.29, 0.717) is 24.1 Å². The van der Waals surface area contributed by atoms with E-state index in [0.717, 1.165) is 31.7 Å². The van der Waals surface area contributed by atoms with Gasteiger partial charge in [-0.25, -0.2) is 0 Å². The van der Waals surface area contributed by atoms with E-state index in [9.17, 15) is 4.79 Å². The molecule has 2 N–H and O–H groups in total. The minimum atomic E-state index is -0.0103. The van der Waals surface area contributed by atoms with Crippen molar-refractivity contribution < 1.29 is 9.53 Å². The number of nitrogens with one attached hydrogen (secondary N) is 2. The standard InChI is InChI=1S/C17H26N2O2/c1-13(2)12-19-17(20)15-7-3-4-8-16(15)18-10-9-14-6-5-11-21-14/h3-4,7-8,13-14,18H,5-6,9-12H2,1-2H3,(H,19,20). The fraction of sp³-hybridized carbons (Fsp3) is 0.588. The highest BCUT2D eigenvalue weighted by molar-refractivity contribution is 5.99. The number of carbonyl (C=O) groups excluding carboxylic acids is 1. The monoisotopic (exact) mass is 290 g/mol. The Hall–Kier alpha value is -1.55. The van der Waals surface area contributed by atoms with Gasteiger partial charge in [-0.3, -0.25) is 4.79 Å². The lowest BCUT2D eigenvalue weighted by Gasteiger charge is -2.14. The Labute approximate surface area is 127 Å². The van der Waals surface area contributed by atoms with E-state index < -0.39 is 0 Å². The van der Waals surface area contributed by atoms with Gasteiger partial charge in [0.05, 0.1) is 11.7 Å². The lowest BCUT2D eigenvalue weighted by molar-refractivity contribution is 0.0950. The van der Waals surface area contributed by atoms with Crippen molar-refractivity contribution in [2.45, 2.75) is 39.2 Å². The Balaban J connectivity index is 1.88. The molecule has 1 aliphatic rings. The molecule has 4 nitrogen and oxygen atoms in total. The van der Waals surface area contributed by atoms with Crippen LogP contribution in [-0.2, 0) is 4.74 Å². The zero-order valence-corrected chi connectivity index (χ0v) is 13.0. The molecule has 0 radical (unpaired) electrons. The average molecular weight is 290 g/mol. The first-order chi connectivity index (χ1) is 10.2. The van der Waals surface area contributed by atoms with Crippen LogP contribution in [0, 0.1) is 5.92 Å². The summed E-state index contributed by atoms with van der Waals surface area (Å²) in [6, 6.07) is 7.67. The molecule has 0 aliphatic carbocycles. The molecule has 0 aromatic heterocycles. The van der Waals surface area contributed by atoms with E-state index >= 15 is 0 Å². The van der Waals surface area contributed by atoms with Gasteiger partial charge in [0.25, 0.3) is 5.91 Å². The summed E-state index contributed by atoms with van der Waals surface area (Å²) in [7, 11) is 0. The molecule has 116 valence electrons. The van der Waals surface area contributed by atoms with Crippen LogP contribution in [0.25, 0.3) is 0 Å². The third-order valence-electron chi connectivity index (χ3n) is 3.65. The van der Waals surface area contributed by atoms with Gasteiger partial charge in [-0.1, -0.05) is 26.0 Å². The van der Waals surface area contributed by atoms with Crippen LogP contribution in [-0.4, -0.2) is 31.7 Å². The van der Waals surface area contributed by atoms with Crippen molar-refractivity contribution in [1.29, 1.82) is 0 Å². The largest absolute Gasteiger partial charge is 0.384 e. The fourth-order valence-corrected chi connectivity index (χ4v) is 2.47. The summed E-state index contributed by atoms with van der Waals surface area (Å²) in [5.41, 5.74) is 1.61. The first-order valence-corrected chi connectivity index (χ1v) is 7.89. The molecule has 1 fully saturated rings. The minimum Gasteiger partial charge on any atom is -0.384 e. The highest BCUT2D eigenvalue weighted by Gasteiger charge is 2.15. The first-order valence-electron chi connectivity index (χ1n) is 7.89. The number of hydrogen-bond acceptors (Lipinski definition) is 3. The Morgan fingerprint density at radius 1 is 1.38 bits per heavy atom. The molecule has 1 heterocycles. The van der Waals surface area contributed by atoms with E-state index in [2.05, 4.69) is 24.5 Å². The zero-order chi connectivity index (χ0) is 15.1. The van der Waals surface area contributed by atoms with Crippen molar-refractivity contribution in [3.8, 4) is 0 Å². The van der Waals surface area contributed by atoms with E-state index in [1.807, 2.05) is 24.3 Å². The number of anilines is 1. The quantitative estimate of drug-likeness (QED) is 0.811. The molecule has 1 aromatic rings. The average Bonchev–Trinajstić information content (AvgIpc) is 2.98. The molecule has 0 saturated carbocycles. The third-order valence-corrected chi connectivity index (χ3v) is 3.65. The Kier molecular flexibility index (Phi) is 6.05. The molecule has 2 rings (SSSR count). The van der Waals surface area contributed by atoms with Crippen LogP contribution in [0.2, 0.25) is 0 Å². The molecular weight excluding hydrogens is 264 g/mol. The van der Waals surface area contributed by atoms with Gasteiger partial charge >= 0.3 is 0 Å². The van der Waals surface area contributed by atoms with E-state index in [1.165, 1.54) is 6.42 Å². The van der Waals surface area contributed by atoms with E-state index in [-0.39, 0.29) is 5.91 Å². The second kappa shape index (κ2) is 8.03. The molecule has 1 aliphatic heterocycles. The molecule has 1 unspecified atom stereocenters. The number of hydrogen-bond donors (Lipinski definition) is 2. The number of carbonyl (C=O) groups is 1. The Morgan fingerprint density at radius 3 is 2.90 bits per heavy atom. The maximum Gasteiger partial charge on any atom is 0.253 e. The van der Waals surface area contributed by atoms with Crippen LogP contribution < -0.4 is 10.6 Å². The predicted octanol–water partition coefficient (Wildman–Crippen LogP) is 3.05. The van der Waals surface area contributed by atoms with Crippen molar-refractivity contribution in [2.75, 3.05) is 25.0 Å². The maximum absolute atomic E-state index is 12.2. The van der Waals surface area contributed by atoms with Gasteiger partial charge in [-0.05, 0) is 37.3 Å². The topological polar surface area (TPSA) is 50.4 Å². The number of benzene rings is 1. The summed E-state index contributed by atoms with van der Waals surface area (Å²) in [5, 5.41) is 6.33. The van der Waals surface area contributed by atoms with Gasteiger partial charge < -0.3 is 15.4 Å². The van der Waals surface area contributed by atoms with Crippen LogP contribution in [0.5, 0.6) is 0 Å². The van der Waals surface area contributed by atoms with Crippen LogP contribution >= 0.6 is 0 Å². The highest BCUT2D eigenvalue weighted by atomic mass is 16.5. The molecule has 4 heteroatoms. The van der Waals surface area contributed by atoms with Crippen molar-refractivity contribution in [3.63, 3.8) is 0 Å². The molecule has 21 heavy (non-hydrogen) atoms. The second-order valence-corrected chi connectivity index (χ2v) is 6.00. The number of amides is 1. The second-order valence-electron chi connectivity index (χ2n) is 6.00. The van der Waals surface area contributed by atoms with Crippen molar-refractivity contribution in [3.05, 3.63) is 29.8 Å². The number of ether oxygens (including phenoxy) is 1. The van der Waals surface area contributed by atoms with Gasteiger partial charge in [-0.15, -0.1) is 0 Å². The Morgan fingerprint density at radius 2 is 2.19 bits per heavy atom. The molecule has 0 spiro atoms. The Bertz CT molecular complexity index is 454. The fourth-order valence-electron chi connectivity index (χ4n) is 2.47. The third kappa shape index (κ3) is 5.05. The van der Waals surface area contributed by atoms with Gasteiger partial charge in [0.2, 0.25) is 0 Å². The van der Waals surface area contributed by atoms with Gasteiger partial charge in [0.15, 0.2) is 0 Å². The summed E-state index contributed by atoms with van der Waals surface area (Å²) >= 11 is 0. The first kappa shape index (κ1) is 15.8. The van der Waals surface area contributed by atoms with Crippen LogP contribution in [0.3, 0.4) is 0 Å². The van der Waals surface area contributed by atoms with Gasteiger partial charge in [0, 0.05) is 25.4 Å². The molecule has 1 aromatic carbocycles. The molecule has 1 saturated heterocycles. The molecule has 1 atom stereocenters. The molecular formula is C17H26N2O2. The van der Waals surface area contributed by atoms with Gasteiger partial charge in [0.1, 0.15) is 0 Å². The molecule has 1 amide bonds. The maximum atomic E-state index is 12.2. The zero-order valence-electron chi connectivity index (χ0n) is 13.0. The minimum absolute atomic E-state index is 0.0103. The number of rotatable bonds is 7. The summed E-state index contributed by atoms with van der Waals surface area (Å²) in [6.45, 7) is 6.60. The summed E-state index contributed by atoms with van der Waals surface area (Å²) < 4.78 is 5.61. The normalized spacial score (nSPS) is 18.0. The van der Waals surface area contributed by atoms with E-state index in [4.69, 9.17) is 4.74 Å². The molecule has 0 bridgehead atoms. The van der Waals surface area contributed by atoms with Crippen LogP contribution in [0.4, 0.5) is 5.69 Å². The number of para-hydroxylation sites is 1. The van der Waals surface area contributed by atoms with Crippen molar-refractivity contribution >= 4 is 11.6 Å². The van der Waals surface area contributed by atoms with Gasteiger partial charge in [-0.2, -0.15) is 0 Å². The smallest absolute Gasteiger partial charge is 0.253 e. The van der Waals surface area contributed by atoms with E-state index in [1.54, 1.807) is 0 Å². The lowest BCUT2D eigenvalue weighted by atomic mass is 10.1. The highest BCUT2D eigenvalue weighted by Crippen LogP contribution is 2.18. The van der Waals surface area contributed by atoms with Crippen LogP contribution in [0.1, 0.15) is 43.5 Å². The SMILES string of the molecule is CC(C)CNC(=O)c1ccccc1NCCC1CCCO1.